The Bertz CT molecular complexity index is 593. The number of nitrogens with one attached hydrogen (secondary N) is 1. The van der Waals surface area contributed by atoms with Crippen molar-refractivity contribution in [3.05, 3.63) is 44.6 Å². The minimum Gasteiger partial charge on any atom is -0.379 e. The first kappa shape index (κ1) is 14.4. The van der Waals surface area contributed by atoms with Crippen LogP contribution in [0.1, 0.15) is 23.9 Å². The molecule has 1 N–H and O–H groups in total. The van der Waals surface area contributed by atoms with Crippen LogP contribution in [-0.2, 0) is 20.0 Å². The van der Waals surface area contributed by atoms with E-state index in [0.29, 0.717) is 6.54 Å². The highest BCUT2D eigenvalue weighted by Gasteiger charge is 2.12. The van der Waals surface area contributed by atoms with E-state index in [1.165, 1.54) is 5.56 Å². The molecule has 0 aliphatic heterocycles. The van der Waals surface area contributed by atoms with E-state index in [0.717, 1.165) is 33.0 Å². The maximum absolute atomic E-state index is 6.32. The standard InChI is InChI=1S/C14H17BrClN3/c1-4-12-14(16)13(19(3)18-12)8-17-10-5-6-11(15)9(2)7-10/h5-7,17H,4,8H2,1-3H3. The number of rotatable bonds is 4. The third-order valence-electron chi connectivity index (χ3n) is 3.12. The second-order valence-electron chi connectivity index (χ2n) is 4.50. The molecule has 0 unspecified atom stereocenters. The zero-order chi connectivity index (χ0) is 14.0. The van der Waals surface area contributed by atoms with Crippen molar-refractivity contribution < 1.29 is 0 Å². The Kier molecular flexibility index (Phi) is 4.53. The second-order valence-corrected chi connectivity index (χ2v) is 5.73. The van der Waals surface area contributed by atoms with Crippen molar-refractivity contribution in [1.82, 2.24) is 9.78 Å². The lowest BCUT2D eigenvalue weighted by Crippen LogP contribution is -2.06. The van der Waals surface area contributed by atoms with Crippen LogP contribution in [0, 0.1) is 6.92 Å². The predicted octanol–water partition coefficient (Wildman–Crippen LogP) is 4.32. The highest BCUT2D eigenvalue weighted by atomic mass is 79.9. The number of anilines is 1. The Labute approximate surface area is 127 Å². The summed E-state index contributed by atoms with van der Waals surface area (Å²) >= 11 is 9.82. The lowest BCUT2D eigenvalue weighted by molar-refractivity contribution is 0.707. The Hall–Kier alpha value is -1.000. The molecule has 1 aromatic heterocycles. The first-order valence-electron chi connectivity index (χ1n) is 6.23. The van der Waals surface area contributed by atoms with Gasteiger partial charge in [0, 0.05) is 17.2 Å². The summed E-state index contributed by atoms with van der Waals surface area (Å²) in [6, 6.07) is 6.19. The van der Waals surface area contributed by atoms with Gasteiger partial charge in [0.15, 0.2) is 0 Å². The van der Waals surface area contributed by atoms with E-state index in [2.05, 4.69) is 46.3 Å². The van der Waals surface area contributed by atoms with Gasteiger partial charge >= 0.3 is 0 Å². The van der Waals surface area contributed by atoms with Crippen LogP contribution in [0.2, 0.25) is 5.02 Å². The minimum absolute atomic E-state index is 0.670. The number of nitrogens with zero attached hydrogens (tertiary/aromatic N) is 2. The molecule has 0 bridgehead atoms. The Morgan fingerprint density at radius 1 is 1.42 bits per heavy atom. The smallest absolute Gasteiger partial charge is 0.0868 e. The minimum atomic E-state index is 0.670. The maximum atomic E-state index is 6.32. The number of benzene rings is 1. The lowest BCUT2D eigenvalue weighted by Gasteiger charge is -2.09. The summed E-state index contributed by atoms with van der Waals surface area (Å²) in [5.41, 5.74) is 4.25. The third-order valence-corrected chi connectivity index (χ3v) is 4.45. The van der Waals surface area contributed by atoms with Crippen LogP contribution in [0.3, 0.4) is 0 Å². The van der Waals surface area contributed by atoms with Crippen LogP contribution in [-0.4, -0.2) is 9.78 Å². The molecule has 0 amide bonds. The van der Waals surface area contributed by atoms with Crippen LogP contribution in [0.15, 0.2) is 22.7 Å². The van der Waals surface area contributed by atoms with Crippen molar-refractivity contribution in [2.24, 2.45) is 7.05 Å². The molecule has 0 atom stereocenters. The number of aryl methyl sites for hydroxylation is 3. The van der Waals surface area contributed by atoms with Gasteiger partial charge in [-0.2, -0.15) is 5.10 Å². The molecular weight excluding hydrogens is 326 g/mol. The number of halogens is 2. The van der Waals surface area contributed by atoms with Gasteiger partial charge in [-0.3, -0.25) is 4.68 Å². The average Bonchev–Trinajstić information content (AvgIpc) is 2.66. The van der Waals surface area contributed by atoms with Crippen molar-refractivity contribution in [3.8, 4) is 0 Å². The van der Waals surface area contributed by atoms with Gasteiger partial charge < -0.3 is 5.32 Å². The fourth-order valence-electron chi connectivity index (χ4n) is 1.95. The van der Waals surface area contributed by atoms with Crippen LogP contribution >= 0.6 is 27.5 Å². The number of hydrogen-bond acceptors (Lipinski definition) is 2. The quantitative estimate of drug-likeness (QED) is 0.897. The van der Waals surface area contributed by atoms with Crippen molar-refractivity contribution in [1.29, 1.82) is 0 Å². The molecule has 0 aliphatic rings. The van der Waals surface area contributed by atoms with Gasteiger partial charge in [0.05, 0.1) is 23.0 Å². The molecule has 1 aromatic carbocycles. The maximum Gasteiger partial charge on any atom is 0.0868 e. The van der Waals surface area contributed by atoms with E-state index in [1.807, 2.05) is 23.9 Å². The second kappa shape index (κ2) is 5.97. The van der Waals surface area contributed by atoms with Crippen LogP contribution in [0.5, 0.6) is 0 Å². The summed E-state index contributed by atoms with van der Waals surface area (Å²) in [6.45, 7) is 4.80. The van der Waals surface area contributed by atoms with Crippen molar-refractivity contribution in [2.45, 2.75) is 26.8 Å². The molecule has 3 nitrogen and oxygen atoms in total. The van der Waals surface area contributed by atoms with Crippen molar-refractivity contribution >= 4 is 33.2 Å². The van der Waals surface area contributed by atoms with Gasteiger partial charge in [-0.1, -0.05) is 34.5 Å². The molecule has 19 heavy (non-hydrogen) atoms. The molecule has 5 heteroatoms. The van der Waals surface area contributed by atoms with Crippen LogP contribution in [0.25, 0.3) is 0 Å². The summed E-state index contributed by atoms with van der Waals surface area (Å²) < 4.78 is 2.96. The molecule has 0 aliphatic carbocycles. The molecule has 102 valence electrons. The van der Waals surface area contributed by atoms with Gasteiger partial charge in [-0.05, 0) is 37.1 Å². The third kappa shape index (κ3) is 3.12. The Balaban J connectivity index is 2.14. The van der Waals surface area contributed by atoms with Crippen molar-refractivity contribution in [2.75, 3.05) is 5.32 Å². The van der Waals surface area contributed by atoms with Gasteiger partial charge in [-0.15, -0.1) is 0 Å². The van der Waals surface area contributed by atoms with Crippen molar-refractivity contribution in [3.63, 3.8) is 0 Å². The molecule has 1 heterocycles. The van der Waals surface area contributed by atoms with E-state index in [-0.39, 0.29) is 0 Å². The summed E-state index contributed by atoms with van der Waals surface area (Å²) in [5.74, 6) is 0. The van der Waals surface area contributed by atoms with E-state index in [1.54, 1.807) is 0 Å². The Morgan fingerprint density at radius 2 is 2.16 bits per heavy atom. The summed E-state index contributed by atoms with van der Waals surface area (Å²) in [7, 11) is 1.93. The average molecular weight is 343 g/mol. The van der Waals surface area contributed by atoms with Crippen LogP contribution < -0.4 is 5.32 Å². The van der Waals surface area contributed by atoms with Crippen LogP contribution in [0.4, 0.5) is 5.69 Å². The fourth-order valence-corrected chi connectivity index (χ4v) is 2.56. The number of aromatic nitrogens is 2. The molecule has 0 saturated carbocycles. The summed E-state index contributed by atoms with van der Waals surface area (Å²) in [4.78, 5) is 0. The first-order chi connectivity index (χ1) is 9.02. The highest BCUT2D eigenvalue weighted by Crippen LogP contribution is 2.23. The molecule has 2 aromatic rings. The lowest BCUT2D eigenvalue weighted by atomic mass is 10.2. The highest BCUT2D eigenvalue weighted by molar-refractivity contribution is 9.10. The molecule has 0 saturated heterocycles. The molecular formula is C14H17BrClN3. The summed E-state index contributed by atoms with van der Waals surface area (Å²) in [6.07, 6.45) is 0.851. The molecule has 0 radical (unpaired) electrons. The zero-order valence-corrected chi connectivity index (χ0v) is 13.6. The number of hydrogen-bond donors (Lipinski definition) is 1. The van der Waals surface area contributed by atoms with Gasteiger partial charge in [-0.25, -0.2) is 0 Å². The normalized spacial score (nSPS) is 10.8. The topological polar surface area (TPSA) is 29.9 Å². The van der Waals surface area contributed by atoms with E-state index in [9.17, 15) is 0 Å². The van der Waals surface area contributed by atoms with Gasteiger partial charge in [0.1, 0.15) is 0 Å². The molecule has 2 rings (SSSR count). The largest absolute Gasteiger partial charge is 0.379 e. The van der Waals surface area contributed by atoms with Gasteiger partial charge in [0.25, 0.3) is 0 Å². The monoisotopic (exact) mass is 341 g/mol. The zero-order valence-electron chi connectivity index (χ0n) is 11.3. The van der Waals surface area contributed by atoms with E-state index in [4.69, 9.17) is 11.6 Å². The molecule has 0 fully saturated rings. The fraction of sp³-hybridized carbons (Fsp3) is 0.357. The van der Waals surface area contributed by atoms with E-state index >= 15 is 0 Å². The summed E-state index contributed by atoms with van der Waals surface area (Å²) in [5, 5.41) is 8.56. The Morgan fingerprint density at radius 3 is 2.74 bits per heavy atom. The van der Waals surface area contributed by atoms with E-state index < -0.39 is 0 Å². The molecule has 0 spiro atoms. The van der Waals surface area contributed by atoms with Gasteiger partial charge in [0.2, 0.25) is 0 Å². The first-order valence-corrected chi connectivity index (χ1v) is 7.40. The predicted molar refractivity (Wildman–Crippen MR) is 83.8 cm³/mol. The SMILES string of the molecule is CCc1nn(C)c(CNc2ccc(Br)c(C)c2)c1Cl.